The number of hydrazine groups is 1. The van der Waals surface area contributed by atoms with Crippen LogP contribution < -0.4 is 26.2 Å². The molecule has 194 valence electrons. The summed E-state index contributed by atoms with van der Waals surface area (Å²) in [5.74, 6) is -0.747. The molecule has 0 radical (unpaired) electrons. The standard InChI is InChI=1S/C25H32N4O6S/c1-5-17-11-9-10-14-19(17)26-21(30)16-36-24(33)29-28-22(31)20(27-23(32)35-25(2,3)4)15-34-18-12-7-6-8-13-18/h6-14,20H,5,15-16H2,1-4H3,(H,26,30)(H,27,32)(H,28,31)(H,29,33)/t20-/m0/s1. The van der Waals surface area contributed by atoms with Crippen LogP contribution in [0.1, 0.15) is 33.3 Å². The van der Waals surface area contributed by atoms with E-state index in [0.717, 1.165) is 12.0 Å². The lowest BCUT2D eigenvalue weighted by Crippen LogP contribution is -2.54. The number of ether oxygens (including phenoxy) is 2. The number of thioether (sulfide) groups is 1. The van der Waals surface area contributed by atoms with E-state index in [4.69, 9.17) is 9.47 Å². The van der Waals surface area contributed by atoms with E-state index in [2.05, 4.69) is 21.5 Å². The molecule has 0 spiro atoms. The van der Waals surface area contributed by atoms with E-state index in [-0.39, 0.29) is 18.3 Å². The number of hydrogen-bond acceptors (Lipinski definition) is 7. The summed E-state index contributed by atoms with van der Waals surface area (Å²) in [6, 6.07) is 15.0. The molecule has 0 aliphatic carbocycles. The maximum absolute atomic E-state index is 12.7. The molecule has 0 unspecified atom stereocenters. The van der Waals surface area contributed by atoms with Crippen LogP contribution >= 0.6 is 11.8 Å². The first-order valence-electron chi connectivity index (χ1n) is 11.3. The molecule has 4 amide bonds. The van der Waals surface area contributed by atoms with Crippen molar-refractivity contribution in [2.75, 3.05) is 17.7 Å². The number of anilines is 1. The van der Waals surface area contributed by atoms with Gasteiger partial charge in [-0.2, -0.15) is 0 Å². The molecule has 4 N–H and O–H groups in total. The van der Waals surface area contributed by atoms with E-state index < -0.39 is 28.9 Å². The molecular formula is C25H32N4O6S. The van der Waals surface area contributed by atoms with Crippen LogP contribution in [0.15, 0.2) is 54.6 Å². The van der Waals surface area contributed by atoms with Crippen LogP contribution in [0.25, 0.3) is 0 Å². The number of aryl methyl sites for hydroxylation is 1. The number of para-hydroxylation sites is 2. The third-order valence-corrected chi connectivity index (χ3v) is 5.23. The molecule has 0 saturated heterocycles. The first kappa shape index (κ1) is 28.5. The lowest BCUT2D eigenvalue weighted by Gasteiger charge is -2.23. The van der Waals surface area contributed by atoms with E-state index in [1.165, 1.54) is 0 Å². The molecule has 11 heteroatoms. The highest BCUT2D eigenvalue weighted by atomic mass is 32.2. The smallest absolute Gasteiger partial charge is 0.408 e. The fraction of sp³-hybridized carbons (Fsp3) is 0.360. The monoisotopic (exact) mass is 516 g/mol. The van der Waals surface area contributed by atoms with Crippen molar-refractivity contribution in [1.29, 1.82) is 0 Å². The van der Waals surface area contributed by atoms with E-state index in [9.17, 15) is 19.2 Å². The lowest BCUT2D eigenvalue weighted by atomic mass is 10.1. The number of nitrogens with one attached hydrogen (secondary N) is 4. The number of amides is 4. The van der Waals surface area contributed by atoms with Crippen LogP contribution in [0.3, 0.4) is 0 Å². The van der Waals surface area contributed by atoms with E-state index >= 15 is 0 Å². The minimum atomic E-state index is -1.17. The van der Waals surface area contributed by atoms with Crippen molar-refractivity contribution in [3.8, 4) is 5.75 Å². The van der Waals surface area contributed by atoms with Gasteiger partial charge in [-0.1, -0.05) is 55.1 Å². The Balaban J connectivity index is 1.86. The van der Waals surface area contributed by atoms with Crippen molar-refractivity contribution < 1.29 is 28.7 Å². The molecule has 2 aromatic rings. The Kier molecular flexibility index (Phi) is 11.1. The average molecular weight is 517 g/mol. The van der Waals surface area contributed by atoms with E-state index in [0.29, 0.717) is 23.2 Å². The fourth-order valence-corrected chi connectivity index (χ4v) is 3.29. The van der Waals surface area contributed by atoms with Crippen LogP contribution in [0.4, 0.5) is 15.3 Å². The Morgan fingerprint density at radius 2 is 1.61 bits per heavy atom. The van der Waals surface area contributed by atoms with Gasteiger partial charge in [0.25, 0.3) is 11.1 Å². The molecule has 2 rings (SSSR count). The Bertz CT molecular complexity index is 1040. The number of benzene rings is 2. The topological polar surface area (TPSA) is 135 Å². The number of alkyl carbamates (subject to hydrolysis) is 1. The second-order valence-electron chi connectivity index (χ2n) is 8.57. The third-order valence-electron chi connectivity index (χ3n) is 4.46. The minimum Gasteiger partial charge on any atom is -0.491 e. The number of rotatable bonds is 9. The van der Waals surface area contributed by atoms with Crippen molar-refractivity contribution >= 4 is 40.6 Å². The molecule has 0 saturated carbocycles. The number of hydrogen-bond donors (Lipinski definition) is 4. The van der Waals surface area contributed by atoms with Gasteiger partial charge in [0.1, 0.15) is 24.0 Å². The summed E-state index contributed by atoms with van der Waals surface area (Å²) in [7, 11) is 0. The van der Waals surface area contributed by atoms with E-state index in [1.54, 1.807) is 51.1 Å². The minimum absolute atomic E-state index is 0.156. The van der Waals surface area contributed by atoms with Crippen LogP contribution in [-0.4, -0.2) is 47.1 Å². The maximum atomic E-state index is 12.7. The highest BCUT2D eigenvalue weighted by Gasteiger charge is 2.25. The van der Waals surface area contributed by atoms with Gasteiger partial charge in [-0.05, 0) is 51.0 Å². The van der Waals surface area contributed by atoms with Crippen LogP contribution in [0.2, 0.25) is 0 Å². The summed E-state index contributed by atoms with van der Waals surface area (Å²) in [4.78, 5) is 49.2. The highest BCUT2D eigenvalue weighted by molar-refractivity contribution is 8.14. The molecule has 0 fully saturated rings. The summed E-state index contributed by atoms with van der Waals surface area (Å²) in [6.07, 6.45) is -0.0631. The quantitative estimate of drug-likeness (QED) is 0.374. The number of carbonyl (C=O) groups is 4. The summed E-state index contributed by atoms with van der Waals surface area (Å²) in [6.45, 7) is 6.84. The zero-order valence-corrected chi connectivity index (χ0v) is 21.6. The highest BCUT2D eigenvalue weighted by Crippen LogP contribution is 2.16. The molecule has 2 aromatic carbocycles. The Morgan fingerprint density at radius 3 is 2.28 bits per heavy atom. The van der Waals surface area contributed by atoms with Crippen LogP contribution in [0, 0.1) is 0 Å². The molecule has 0 bridgehead atoms. The van der Waals surface area contributed by atoms with Gasteiger partial charge >= 0.3 is 6.09 Å². The Labute approximate surface area is 214 Å². The predicted octanol–water partition coefficient (Wildman–Crippen LogP) is 3.63. The summed E-state index contributed by atoms with van der Waals surface area (Å²) in [5, 5.41) is 4.55. The largest absolute Gasteiger partial charge is 0.491 e. The van der Waals surface area contributed by atoms with Crippen molar-refractivity contribution in [3.63, 3.8) is 0 Å². The van der Waals surface area contributed by atoms with Crippen LogP contribution in [0.5, 0.6) is 5.75 Å². The SMILES string of the molecule is CCc1ccccc1NC(=O)CSC(=O)NNC(=O)[C@H](COc1ccccc1)NC(=O)OC(C)(C)C. The Morgan fingerprint density at radius 1 is 0.944 bits per heavy atom. The normalized spacial score (nSPS) is 11.6. The van der Waals surface area contributed by atoms with Crippen molar-refractivity contribution in [3.05, 3.63) is 60.2 Å². The van der Waals surface area contributed by atoms with Gasteiger partial charge in [0, 0.05) is 5.69 Å². The van der Waals surface area contributed by atoms with Gasteiger partial charge in [0.05, 0.1) is 5.75 Å². The molecule has 0 aliphatic rings. The molecule has 0 aromatic heterocycles. The third kappa shape index (κ3) is 10.7. The van der Waals surface area contributed by atoms with Crippen molar-refractivity contribution in [1.82, 2.24) is 16.2 Å². The van der Waals surface area contributed by atoms with Gasteiger partial charge in [0.15, 0.2) is 0 Å². The summed E-state index contributed by atoms with van der Waals surface area (Å²) in [5.41, 5.74) is 5.36. The van der Waals surface area contributed by atoms with Gasteiger partial charge < -0.3 is 20.1 Å². The molecule has 0 heterocycles. The average Bonchev–Trinajstić information content (AvgIpc) is 2.83. The zero-order chi connectivity index (χ0) is 26.6. The first-order valence-corrected chi connectivity index (χ1v) is 12.3. The fourth-order valence-electron chi connectivity index (χ4n) is 2.83. The molecule has 36 heavy (non-hydrogen) atoms. The van der Waals surface area contributed by atoms with Crippen LogP contribution in [-0.2, 0) is 20.7 Å². The predicted molar refractivity (Wildman–Crippen MR) is 139 cm³/mol. The summed E-state index contributed by atoms with van der Waals surface area (Å²) >= 11 is 0.683. The molecule has 10 nitrogen and oxygen atoms in total. The lowest BCUT2D eigenvalue weighted by molar-refractivity contribution is -0.124. The molecular weight excluding hydrogens is 484 g/mol. The van der Waals surface area contributed by atoms with E-state index in [1.807, 2.05) is 31.2 Å². The zero-order valence-electron chi connectivity index (χ0n) is 20.8. The molecule has 0 aliphatic heterocycles. The second-order valence-corrected chi connectivity index (χ2v) is 9.52. The van der Waals surface area contributed by atoms with Gasteiger partial charge in [-0.25, -0.2) is 4.79 Å². The first-order chi connectivity index (χ1) is 17.1. The van der Waals surface area contributed by atoms with Crippen molar-refractivity contribution in [2.45, 2.75) is 45.8 Å². The van der Waals surface area contributed by atoms with Crippen molar-refractivity contribution in [2.24, 2.45) is 0 Å². The summed E-state index contributed by atoms with van der Waals surface area (Å²) < 4.78 is 10.8. The van der Waals surface area contributed by atoms with Gasteiger partial charge in [-0.15, -0.1) is 0 Å². The second kappa shape index (κ2) is 14.0. The number of carbonyl (C=O) groups excluding carboxylic acids is 4. The maximum Gasteiger partial charge on any atom is 0.408 e. The molecule has 1 atom stereocenters. The Hall–Kier alpha value is -3.73. The van der Waals surface area contributed by atoms with Gasteiger partial charge in [-0.3, -0.25) is 25.2 Å². The van der Waals surface area contributed by atoms with Gasteiger partial charge in [0.2, 0.25) is 5.91 Å².